The smallest absolute Gasteiger partial charge is 0.306 e. The number of carbonyl (C=O) groups excluding carboxylic acids is 2. The van der Waals surface area contributed by atoms with Gasteiger partial charge in [0.05, 0.1) is 5.92 Å². The maximum atomic E-state index is 13.4. The molecule has 1 aromatic carbocycles. The van der Waals surface area contributed by atoms with Gasteiger partial charge in [0, 0.05) is 30.4 Å². The molecule has 4 rings (SSSR count). The molecular formula is C26H37ClN4O4. The van der Waals surface area contributed by atoms with Gasteiger partial charge in [-0.15, -0.1) is 12.4 Å². The minimum absolute atomic E-state index is 0. The summed E-state index contributed by atoms with van der Waals surface area (Å²) in [6.45, 7) is 5.18. The van der Waals surface area contributed by atoms with E-state index in [0.29, 0.717) is 24.6 Å². The number of carbonyl (C=O) groups is 3. The van der Waals surface area contributed by atoms with Crippen molar-refractivity contribution in [2.75, 3.05) is 33.2 Å². The quantitative estimate of drug-likeness (QED) is 0.536. The standard InChI is InChI=1S/C26H36N4O4.ClH/c1-17(26(33)34)15-23(28-24(31)21-4-3-20-5-10-27-22(20)16-21)25(32)30-13-8-19(9-14-30)18-6-11-29(2)12-7-18;/h3-5,10,16-19,23,27H,6-9,11-15H2,1-2H3,(H,28,31)(H,33,34);1H/t17?,23-;/m1./s1. The summed E-state index contributed by atoms with van der Waals surface area (Å²) >= 11 is 0. The number of fused-ring (bicyclic) bond motifs is 1. The zero-order valence-electron chi connectivity index (χ0n) is 20.5. The number of halogens is 1. The first-order valence-electron chi connectivity index (χ1n) is 12.4. The van der Waals surface area contributed by atoms with Gasteiger partial charge in [-0.05, 0) is 87.7 Å². The lowest BCUT2D eigenvalue weighted by molar-refractivity contribution is -0.142. The van der Waals surface area contributed by atoms with Gasteiger partial charge in [-0.2, -0.15) is 0 Å². The number of amides is 2. The summed E-state index contributed by atoms with van der Waals surface area (Å²) < 4.78 is 0. The van der Waals surface area contributed by atoms with E-state index in [2.05, 4.69) is 22.2 Å². The molecule has 2 aliphatic rings. The summed E-state index contributed by atoms with van der Waals surface area (Å²) in [6.07, 6.45) is 6.25. The van der Waals surface area contributed by atoms with Gasteiger partial charge in [-0.3, -0.25) is 14.4 Å². The average molecular weight is 505 g/mol. The van der Waals surface area contributed by atoms with Crippen molar-refractivity contribution in [2.45, 2.75) is 45.1 Å². The average Bonchev–Trinajstić information content (AvgIpc) is 3.31. The van der Waals surface area contributed by atoms with Gasteiger partial charge in [0.15, 0.2) is 0 Å². The predicted molar refractivity (Wildman–Crippen MR) is 138 cm³/mol. The van der Waals surface area contributed by atoms with E-state index in [1.165, 1.54) is 12.8 Å². The summed E-state index contributed by atoms with van der Waals surface area (Å²) in [5, 5.41) is 13.3. The number of aliphatic carboxylic acids is 1. The van der Waals surface area contributed by atoms with E-state index in [0.717, 1.165) is 42.8 Å². The Labute approximate surface area is 212 Å². The van der Waals surface area contributed by atoms with Crippen LogP contribution in [0.3, 0.4) is 0 Å². The molecule has 0 radical (unpaired) electrons. The first kappa shape index (κ1) is 27.0. The van der Waals surface area contributed by atoms with E-state index < -0.39 is 17.9 Å². The number of aromatic amines is 1. The predicted octanol–water partition coefficient (Wildman–Crippen LogP) is 3.38. The zero-order valence-corrected chi connectivity index (χ0v) is 21.4. The molecule has 35 heavy (non-hydrogen) atoms. The van der Waals surface area contributed by atoms with E-state index in [-0.39, 0.29) is 30.6 Å². The lowest BCUT2D eigenvalue weighted by Crippen LogP contribution is -2.52. The lowest BCUT2D eigenvalue weighted by atomic mass is 9.79. The van der Waals surface area contributed by atoms with Gasteiger partial charge >= 0.3 is 5.97 Å². The van der Waals surface area contributed by atoms with Crippen LogP contribution < -0.4 is 5.32 Å². The van der Waals surface area contributed by atoms with E-state index in [4.69, 9.17) is 0 Å². The third-order valence-corrected chi connectivity index (χ3v) is 7.71. The van der Waals surface area contributed by atoms with Crippen LogP contribution in [0.5, 0.6) is 0 Å². The molecule has 9 heteroatoms. The Morgan fingerprint density at radius 2 is 1.69 bits per heavy atom. The molecule has 0 bridgehead atoms. The topological polar surface area (TPSA) is 106 Å². The fraction of sp³-hybridized carbons (Fsp3) is 0.577. The Morgan fingerprint density at radius 3 is 2.31 bits per heavy atom. The number of aromatic nitrogens is 1. The number of nitrogens with zero attached hydrogens (tertiary/aromatic N) is 2. The van der Waals surface area contributed by atoms with E-state index >= 15 is 0 Å². The Hall–Kier alpha value is -2.58. The second kappa shape index (κ2) is 11.9. The normalized spacial score (nSPS) is 19.7. The molecule has 2 fully saturated rings. The van der Waals surface area contributed by atoms with Gasteiger partial charge in [-0.1, -0.05) is 13.0 Å². The van der Waals surface area contributed by atoms with Gasteiger partial charge in [-0.25, -0.2) is 0 Å². The number of hydrogen-bond acceptors (Lipinski definition) is 4. The van der Waals surface area contributed by atoms with Crippen LogP contribution in [0.4, 0.5) is 0 Å². The molecule has 0 aliphatic carbocycles. The first-order valence-corrected chi connectivity index (χ1v) is 12.4. The van der Waals surface area contributed by atoms with Crippen molar-refractivity contribution >= 4 is 41.1 Å². The van der Waals surface area contributed by atoms with E-state index in [9.17, 15) is 19.5 Å². The second-order valence-corrected chi connectivity index (χ2v) is 10.1. The van der Waals surface area contributed by atoms with E-state index in [1.807, 2.05) is 23.2 Å². The first-order chi connectivity index (χ1) is 16.3. The Morgan fingerprint density at radius 1 is 1.06 bits per heavy atom. The fourth-order valence-corrected chi connectivity index (χ4v) is 5.42. The number of nitrogens with one attached hydrogen (secondary N) is 2. The largest absolute Gasteiger partial charge is 0.481 e. The molecule has 1 unspecified atom stereocenters. The maximum Gasteiger partial charge on any atom is 0.306 e. The van der Waals surface area contributed by atoms with Crippen molar-refractivity contribution in [2.24, 2.45) is 17.8 Å². The van der Waals surface area contributed by atoms with Gasteiger partial charge < -0.3 is 25.2 Å². The molecule has 192 valence electrons. The summed E-state index contributed by atoms with van der Waals surface area (Å²) in [6, 6.07) is 6.39. The highest BCUT2D eigenvalue weighted by atomic mass is 35.5. The lowest BCUT2D eigenvalue weighted by Gasteiger charge is -2.40. The van der Waals surface area contributed by atoms with E-state index in [1.54, 1.807) is 19.1 Å². The zero-order chi connectivity index (χ0) is 24.2. The molecule has 3 N–H and O–H groups in total. The number of likely N-dealkylation sites (tertiary alicyclic amines) is 2. The third-order valence-electron chi connectivity index (χ3n) is 7.71. The van der Waals surface area contributed by atoms with Crippen molar-refractivity contribution < 1.29 is 19.5 Å². The molecular weight excluding hydrogens is 468 g/mol. The highest BCUT2D eigenvalue weighted by molar-refractivity contribution is 6.00. The maximum absolute atomic E-state index is 13.4. The minimum Gasteiger partial charge on any atom is -0.481 e. The summed E-state index contributed by atoms with van der Waals surface area (Å²) in [4.78, 5) is 45.2. The van der Waals surface area contributed by atoms with Crippen LogP contribution in [0.1, 0.15) is 49.4 Å². The molecule has 2 aromatic rings. The molecule has 2 atom stereocenters. The molecule has 3 heterocycles. The molecule has 1 aromatic heterocycles. The van der Waals surface area contributed by atoms with Crippen LogP contribution >= 0.6 is 12.4 Å². The molecule has 2 amide bonds. The van der Waals surface area contributed by atoms with Gasteiger partial charge in [0.25, 0.3) is 5.91 Å². The fourth-order valence-electron chi connectivity index (χ4n) is 5.42. The van der Waals surface area contributed by atoms with Crippen molar-refractivity contribution in [1.82, 2.24) is 20.1 Å². The number of H-pyrrole nitrogens is 1. The number of carboxylic acids is 1. The highest BCUT2D eigenvalue weighted by Gasteiger charge is 2.34. The van der Waals surface area contributed by atoms with Crippen LogP contribution in [0, 0.1) is 17.8 Å². The van der Waals surface area contributed by atoms with Crippen molar-refractivity contribution in [3.63, 3.8) is 0 Å². The van der Waals surface area contributed by atoms with Crippen LogP contribution in [-0.2, 0) is 9.59 Å². The van der Waals surface area contributed by atoms with Crippen LogP contribution in [0.25, 0.3) is 10.9 Å². The number of carboxylic acid groups (broad SMARTS) is 1. The number of rotatable bonds is 7. The van der Waals surface area contributed by atoms with Crippen LogP contribution in [-0.4, -0.2) is 76.9 Å². The molecule has 0 saturated carbocycles. The monoisotopic (exact) mass is 504 g/mol. The highest BCUT2D eigenvalue weighted by Crippen LogP contribution is 2.32. The number of benzene rings is 1. The molecule has 0 spiro atoms. The van der Waals surface area contributed by atoms with Gasteiger partial charge in [0.2, 0.25) is 5.91 Å². The van der Waals surface area contributed by atoms with Crippen LogP contribution in [0.15, 0.2) is 30.5 Å². The second-order valence-electron chi connectivity index (χ2n) is 10.1. The van der Waals surface area contributed by atoms with Crippen LogP contribution in [0.2, 0.25) is 0 Å². The Bertz CT molecular complexity index is 1030. The van der Waals surface area contributed by atoms with Crippen molar-refractivity contribution in [3.05, 3.63) is 36.0 Å². The summed E-state index contributed by atoms with van der Waals surface area (Å²) in [5.41, 5.74) is 1.28. The van der Waals surface area contributed by atoms with Crippen molar-refractivity contribution in [1.29, 1.82) is 0 Å². The number of piperidine rings is 2. The minimum atomic E-state index is -0.971. The molecule has 2 aliphatic heterocycles. The Balaban J connectivity index is 0.00000342. The number of hydrogen-bond donors (Lipinski definition) is 3. The Kier molecular flexibility index (Phi) is 9.19. The van der Waals surface area contributed by atoms with Gasteiger partial charge in [0.1, 0.15) is 6.04 Å². The third kappa shape index (κ3) is 6.55. The SMILES string of the molecule is CC(C[C@@H](NC(=O)c1ccc2cc[nH]c2c1)C(=O)N1CCC(C2CCN(C)CC2)CC1)C(=O)O.Cl. The molecule has 2 saturated heterocycles. The summed E-state index contributed by atoms with van der Waals surface area (Å²) in [7, 11) is 2.17. The molecule has 8 nitrogen and oxygen atoms in total. The van der Waals surface area contributed by atoms with Crippen molar-refractivity contribution in [3.8, 4) is 0 Å². The summed E-state index contributed by atoms with van der Waals surface area (Å²) in [5.74, 6) is -0.897.